The average Bonchev–Trinajstić information content (AvgIpc) is 3.01. The minimum absolute atomic E-state index is 0.348. The van der Waals surface area contributed by atoms with Crippen LogP contribution in [0.5, 0.6) is 5.75 Å². The molecule has 134 valence electrons. The molecule has 0 atom stereocenters. The number of hydrogen-bond acceptors (Lipinski definition) is 4. The van der Waals surface area contributed by atoms with E-state index in [0.29, 0.717) is 24.7 Å². The van der Waals surface area contributed by atoms with Crippen molar-refractivity contribution < 1.29 is 14.3 Å². The van der Waals surface area contributed by atoms with Crippen LogP contribution in [0, 0.1) is 0 Å². The number of hydrogen-bond donors (Lipinski definition) is 1. The lowest BCUT2D eigenvalue weighted by Crippen LogP contribution is -2.46. The summed E-state index contributed by atoms with van der Waals surface area (Å²) in [7, 11) is 2.04. The van der Waals surface area contributed by atoms with Crippen LogP contribution in [0.4, 0.5) is 5.69 Å². The number of carbonyl (C=O) groups is 1. The number of rotatable bonds is 2. The van der Waals surface area contributed by atoms with E-state index in [4.69, 9.17) is 14.1 Å². The fraction of sp³-hybridized carbons (Fsp3) is 0.471. The first-order valence-corrected chi connectivity index (χ1v) is 9.29. The van der Waals surface area contributed by atoms with Crippen LogP contribution >= 0.6 is 11.8 Å². The zero-order chi connectivity index (χ0) is 17.6. The van der Waals surface area contributed by atoms with Gasteiger partial charge >= 0.3 is 17.1 Å². The van der Waals surface area contributed by atoms with E-state index in [1.165, 1.54) is 6.92 Å². The maximum Gasteiger partial charge on any atom is 0.402 e. The molecule has 1 aromatic carbocycles. The Balaban J connectivity index is 1.93. The number of carbonyl (C=O) groups excluding carboxylic acids is 1. The molecule has 8 heteroatoms. The zero-order valence-electron chi connectivity index (χ0n) is 14.5. The molecule has 3 rings (SSSR count). The van der Waals surface area contributed by atoms with E-state index in [1.54, 1.807) is 17.8 Å². The quantitative estimate of drug-likeness (QED) is 0.274. The highest BCUT2D eigenvalue weighted by atomic mass is 32.2. The summed E-state index contributed by atoms with van der Waals surface area (Å²) < 4.78 is 15.6. The van der Waals surface area contributed by atoms with Crippen molar-refractivity contribution in [2.24, 2.45) is 0 Å². The minimum atomic E-state index is -0.348. The molecule has 1 aromatic rings. The fourth-order valence-corrected chi connectivity index (χ4v) is 3.59. The normalized spacial score (nSPS) is 17.3. The first-order chi connectivity index (χ1) is 12.1. The summed E-state index contributed by atoms with van der Waals surface area (Å²) in [5.41, 5.74) is 0.717. The van der Waals surface area contributed by atoms with E-state index in [2.05, 4.69) is 15.1 Å². The molecule has 0 saturated carbocycles. The van der Waals surface area contributed by atoms with Gasteiger partial charge in [0.25, 0.3) is 0 Å². The van der Waals surface area contributed by atoms with E-state index < -0.39 is 0 Å². The van der Waals surface area contributed by atoms with Gasteiger partial charge in [0.2, 0.25) is 0 Å². The summed E-state index contributed by atoms with van der Waals surface area (Å²) >= 11 is 1.74. The smallest absolute Gasteiger partial charge is 0.402 e. The van der Waals surface area contributed by atoms with Crippen LogP contribution in [-0.4, -0.2) is 72.5 Å². The number of nitrogens with zero attached hydrogens (tertiary/aromatic N) is 3. The number of guanidine groups is 1. The number of amidine groups is 1. The predicted octanol–water partition coefficient (Wildman–Crippen LogP) is 0.814. The second kappa shape index (κ2) is 8.29. The molecule has 2 aliphatic rings. The molecular weight excluding hydrogens is 340 g/mol. The molecule has 7 nitrogen and oxygen atoms in total. The lowest BCUT2D eigenvalue weighted by atomic mass is 10.3. The van der Waals surface area contributed by atoms with Crippen molar-refractivity contribution in [1.82, 2.24) is 14.5 Å². The minimum Gasteiger partial charge on any atom is -0.423 e. The van der Waals surface area contributed by atoms with Gasteiger partial charge in [0.05, 0.1) is 32.8 Å². The van der Waals surface area contributed by atoms with Gasteiger partial charge in [0.15, 0.2) is 5.75 Å². The number of nitrogens with one attached hydrogen (secondary N) is 1. The fourth-order valence-electron chi connectivity index (χ4n) is 2.58. The van der Waals surface area contributed by atoms with E-state index in [1.807, 2.05) is 25.2 Å². The topological polar surface area (TPSA) is 68.1 Å². The van der Waals surface area contributed by atoms with E-state index in [-0.39, 0.29) is 5.97 Å². The highest BCUT2D eigenvalue weighted by Gasteiger charge is 2.26. The van der Waals surface area contributed by atoms with Crippen LogP contribution in [0.3, 0.4) is 0 Å². The van der Waals surface area contributed by atoms with Crippen LogP contribution in [0.15, 0.2) is 24.3 Å². The third-order valence-electron chi connectivity index (χ3n) is 3.88. The van der Waals surface area contributed by atoms with Crippen LogP contribution in [0.1, 0.15) is 6.92 Å². The van der Waals surface area contributed by atoms with Crippen molar-refractivity contribution in [3.63, 3.8) is 0 Å². The van der Waals surface area contributed by atoms with Gasteiger partial charge in [-0.1, -0.05) is 12.1 Å². The summed E-state index contributed by atoms with van der Waals surface area (Å²) in [5.74, 6) is 1.93. The number of anilines is 1. The zero-order valence-corrected chi connectivity index (χ0v) is 15.3. The molecule has 0 aliphatic carbocycles. The molecule has 2 saturated heterocycles. The number of benzene rings is 1. The van der Waals surface area contributed by atoms with Gasteiger partial charge in [-0.3, -0.25) is 14.6 Å². The Morgan fingerprint density at radius 2 is 2.04 bits per heavy atom. The first-order valence-electron chi connectivity index (χ1n) is 8.30. The third-order valence-corrected chi connectivity index (χ3v) is 4.93. The van der Waals surface area contributed by atoms with Crippen LogP contribution in [-0.2, 0) is 9.53 Å². The molecule has 0 bridgehead atoms. The largest absolute Gasteiger partial charge is 0.423 e. The number of para-hydroxylation sites is 2. The molecule has 0 spiro atoms. The van der Waals surface area contributed by atoms with Gasteiger partial charge in [-0.05, 0) is 23.9 Å². The molecule has 0 aromatic heterocycles. The van der Waals surface area contributed by atoms with Gasteiger partial charge in [-0.15, -0.1) is 0 Å². The Kier molecular flexibility index (Phi) is 5.86. The lowest BCUT2D eigenvalue weighted by molar-refractivity contribution is -0.131. The van der Waals surface area contributed by atoms with Crippen molar-refractivity contribution >= 4 is 34.5 Å². The second-order valence-corrected chi connectivity index (χ2v) is 6.86. The Morgan fingerprint density at radius 1 is 1.28 bits per heavy atom. The number of esters is 1. The Labute approximate surface area is 151 Å². The summed E-state index contributed by atoms with van der Waals surface area (Å²) in [6.45, 7) is 5.26. The molecule has 0 amide bonds. The molecular formula is C17H23N4O3S+. The SMILES string of the molecule is CC(=O)Oc1ccccc1NC(=[N+]=C1SCCN1C)N1CCOCC1. The van der Waals surface area contributed by atoms with E-state index in [9.17, 15) is 4.79 Å². The van der Waals surface area contributed by atoms with Gasteiger partial charge in [-0.25, -0.2) is 9.98 Å². The standard InChI is InChI=1S/C17H22N4O3S/c1-13(22)24-15-6-4-3-5-14(15)18-16(21-7-10-23-11-8-21)19-17-20(2)9-12-25-17/h3-6H,7-12H2,1-2H3/p+1. The van der Waals surface area contributed by atoms with Crippen molar-refractivity contribution in [3.05, 3.63) is 24.3 Å². The van der Waals surface area contributed by atoms with Crippen LogP contribution < -0.4 is 14.7 Å². The summed E-state index contributed by atoms with van der Waals surface area (Å²) in [4.78, 5) is 15.7. The molecule has 0 radical (unpaired) electrons. The maximum absolute atomic E-state index is 11.4. The maximum atomic E-state index is 11.4. The van der Waals surface area contributed by atoms with Crippen molar-refractivity contribution in [3.8, 4) is 5.75 Å². The molecule has 0 unspecified atom stereocenters. The number of thioether (sulfide) groups is 1. The third kappa shape index (κ3) is 4.69. The predicted molar refractivity (Wildman–Crippen MR) is 101 cm³/mol. The molecule has 25 heavy (non-hydrogen) atoms. The Bertz CT molecular complexity index is 697. The van der Waals surface area contributed by atoms with E-state index >= 15 is 0 Å². The van der Waals surface area contributed by atoms with Gasteiger partial charge in [0.1, 0.15) is 5.69 Å². The van der Waals surface area contributed by atoms with Crippen molar-refractivity contribution in [1.29, 1.82) is 0 Å². The van der Waals surface area contributed by atoms with Gasteiger partial charge in [-0.2, -0.15) is 0 Å². The van der Waals surface area contributed by atoms with Crippen LogP contribution in [0.2, 0.25) is 0 Å². The molecule has 2 fully saturated rings. The molecule has 1 N–H and O–H groups in total. The Hall–Kier alpha value is -2.15. The van der Waals surface area contributed by atoms with Gasteiger partial charge < -0.3 is 9.47 Å². The molecule has 2 aliphatic heterocycles. The summed E-state index contributed by atoms with van der Waals surface area (Å²) in [6.07, 6.45) is 0. The lowest BCUT2D eigenvalue weighted by Gasteiger charge is -2.24. The average molecular weight is 363 g/mol. The monoisotopic (exact) mass is 363 g/mol. The van der Waals surface area contributed by atoms with Crippen molar-refractivity contribution in [2.75, 3.05) is 51.0 Å². The van der Waals surface area contributed by atoms with Crippen LogP contribution in [0.25, 0.3) is 0 Å². The highest BCUT2D eigenvalue weighted by molar-refractivity contribution is 8.14. The summed E-state index contributed by atoms with van der Waals surface area (Å²) in [5, 5.41) is 4.34. The van der Waals surface area contributed by atoms with Gasteiger partial charge in [0, 0.05) is 19.7 Å². The first kappa shape index (κ1) is 17.7. The number of ether oxygens (including phenoxy) is 2. The highest BCUT2D eigenvalue weighted by Crippen LogP contribution is 2.24. The summed E-state index contributed by atoms with van der Waals surface area (Å²) in [6, 6.07) is 7.38. The Morgan fingerprint density at radius 3 is 2.72 bits per heavy atom. The van der Waals surface area contributed by atoms with Crippen molar-refractivity contribution in [2.45, 2.75) is 6.92 Å². The van der Waals surface area contributed by atoms with E-state index in [0.717, 1.165) is 36.5 Å². The molecule has 2 heterocycles. The number of morpholine rings is 1. The second-order valence-electron chi connectivity index (χ2n) is 5.80.